The van der Waals surface area contributed by atoms with E-state index in [-0.39, 0.29) is 5.78 Å². The first-order valence-corrected chi connectivity index (χ1v) is 7.07. The number of hydrogen-bond donors (Lipinski definition) is 1. The normalized spacial score (nSPS) is 10.5. The molecule has 0 fully saturated rings. The third kappa shape index (κ3) is 3.20. The first-order valence-electron chi connectivity index (χ1n) is 6.25. The van der Waals surface area contributed by atoms with Crippen LogP contribution in [0.4, 0.5) is 5.69 Å². The lowest BCUT2D eigenvalue weighted by molar-refractivity contribution is 0.102. The van der Waals surface area contributed by atoms with Crippen LogP contribution >= 0.6 is 11.3 Å². The van der Waals surface area contributed by atoms with Crippen LogP contribution in [0.15, 0.2) is 18.2 Å². The van der Waals surface area contributed by atoms with Gasteiger partial charge in [0.15, 0.2) is 5.78 Å². The Morgan fingerprint density at radius 1 is 1.32 bits per heavy atom. The molecule has 0 bridgehead atoms. The molecule has 1 aromatic carbocycles. The molecule has 0 aliphatic heterocycles. The summed E-state index contributed by atoms with van der Waals surface area (Å²) in [6.45, 7) is 8.29. The van der Waals surface area contributed by atoms with Crippen LogP contribution in [0.1, 0.15) is 38.4 Å². The van der Waals surface area contributed by atoms with E-state index in [1.807, 2.05) is 6.92 Å². The second-order valence-electron chi connectivity index (χ2n) is 4.75. The summed E-state index contributed by atoms with van der Waals surface area (Å²) in [5.41, 5.74) is 4.42. The molecule has 3 nitrogen and oxygen atoms in total. The molecule has 0 saturated heterocycles. The van der Waals surface area contributed by atoms with Crippen LogP contribution < -0.4 is 5.32 Å². The molecule has 2 aromatic rings. The van der Waals surface area contributed by atoms with Gasteiger partial charge in [0.2, 0.25) is 0 Å². The van der Waals surface area contributed by atoms with Gasteiger partial charge in [-0.1, -0.05) is 17.7 Å². The molecule has 0 saturated carbocycles. The van der Waals surface area contributed by atoms with E-state index in [0.29, 0.717) is 6.54 Å². The number of benzene rings is 1. The number of rotatable bonds is 4. The number of nitrogens with zero attached hydrogens (tertiary/aromatic N) is 1. The first kappa shape index (κ1) is 13.7. The van der Waals surface area contributed by atoms with Crippen molar-refractivity contribution in [3.05, 3.63) is 44.9 Å². The summed E-state index contributed by atoms with van der Waals surface area (Å²) < 4.78 is 0. The van der Waals surface area contributed by atoms with E-state index in [9.17, 15) is 4.79 Å². The monoisotopic (exact) mass is 274 g/mol. The van der Waals surface area contributed by atoms with Crippen molar-refractivity contribution in [2.75, 3.05) is 5.32 Å². The minimum Gasteiger partial charge on any atom is -0.378 e. The fourth-order valence-electron chi connectivity index (χ4n) is 2.04. The lowest BCUT2D eigenvalue weighted by Gasteiger charge is -2.08. The van der Waals surface area contributed by atoms with E-state index in [1.54, 1.807) is 6.92 Å². The van der Waals surface area contributed by atoms with Gasteiger partial charge in [-0.2, -0.15) is 0 Å². The van der Waals surface area contributed by atoms with Crippen molar-refractivity contribution in [3.8, 4) is 0 Å². The van der Waals surface area contributed by atoms with E-state index >= 15 is 0 Å². The van der Waals surface area contributed by atoms with Gasteiger partial charge >= 0.3 is 0 Å². The number of ketones is 1. The molecule has 0 aliphatic rings. The van der Waals surface area contributed by atoms with Gasteiger partial charge in [0.05, 0.1) is 17.1 Å². The summed E-state index contributed by atoms with van der Waals surface area (Å²) in [5, 5.41) is 4.32. The van der Waals surface area contributed by atoms with E-state index < -0.39 is 0 Å². The van der Waals surface area contributed by atoms with Gasteiger partial charge < -0.3 is 5.32 Å². The first-order chi connectivity index (χ1) is 8.97. The second kappa shape index (κ2) is 5.53. The predicted octanol–water partition coefficient (Wildman–Crippen LogP) is 3.88. The molecule has 0 aliphatic carbocycles. The van der Waals surface area contributed by atoms with Crippen molar-refractivity contribution in [1.29, 1.82) is 0 Å². The Morgan fingerprint density at radius 2 is 2.05 bits per heavy atom. The molecule has 19 heavy (non-hydrogen) atoms. The largest absolute Gasteiger partial charge is 0.378 e. The van der Waals surface area contributed by atoms with E-state index in [0.717, 1.165) is 21.3 Å². The summed E-state index contributed by atoms with van der Waals surface area (Å²) >= 11 is 1.47. The summed E-state index contributed by atoms with van der Waals surface area (Å²) in [6, 6.07) is 6.32. The molecule has 0 spiro atoms. The van der Waals surface area contributed by atoms with Gasteiger partial charge in [-0.3, -0.25) is 4.79 Å². The highest BCUT2D eigenvalue weighted by molar-refractivity contribution is 7.13. The van der Waals surface area contributed by atoms with Crippen molar-refractivity contribution < 1.29 is 4.79 Å². The third-order valence-electron chi connectivity index (χ3n) is 2.97. The molecule has 2 rings (SSSR count). The summed E-state index contributed by atoms with van der Waals surface area (Å²) in [7, 11) is 0. The van der Waals surface area contributed by atoms with Crippen LogP contribution in [0.5, 0.6) is 0 Å². The number of aryl methyl sites for hydroxylation is 3. The number of carbonyl (C=O) groups is 1. The highest BCUT2D eigenvalue weighted by Crippen LogP contribution is 2.21. The van der Waals surface area contributed by atoms with Crippen LogP contribution in [0, 0.1) is 20.8 Å². The van der Waals surface area contributed by atoms with Crippen molar-refractivity contribution >= 4 is 22.8 Å². The van der Waals surface area contributed by atoms with Crippen LogP contribution in [0.3, 0.4) is 0 Å². The highest BCUT2D eigenvalue weighted by atomic mass is 32.1. The van der Waals surface area contributed by atoms with E-state index in [1.165, 1.54) is 22.5 Å². The Labute approximate surface area is 117 Å². The molecule has 1 heterocycles. The maximum absolute atomic E-state index is 11.4. The number of thiazole rings is 1. The molecule has 100 valence electrons. The Morgan fingerprint density at radius 3 is 2.63 bits per heavy atom. The Balaban J connectivity index is 2.10. The van der Waals surface area contributed by atoms with Crippen LogP contribution in [0.25, 0.3) is 0 Å². The zero-order valence-corrected chi connectivity index (χ0v) is 12.5. The molecule has 0 atom stereocenters. The van der Waals surface area contributed by atoms with Gasteiger partial charge in [0.1, 0.15) is 5.01 Å². The molecule has 0 unspecified atom stereocenters. The fourth-order valence-corrected chi connectivity index (χ4v) is 2.94. The fraction of sp³-hybridized carbons (Fsp3) is 0.333. The standard InChI is InChI=1S/C15H18N2OS/c1-9-5-6-13(10(2)7-9)16-8-14-17-11(3)15(19-14)12(4)18/h5-7,16H,8H2,1-4H3. The molecule has 1 N–H and O–H groups in total. The number of Topliss-reactive ketones (excluding diaryl/α,β-unsaturated/α-hetero) is 1. The van der Waals surface area contributed by atoms with Crippen molar-refractivity contribution in [2.45, 2.75) is 34.2 Å². The summed E-state index contributed by atoms with van der Waals surface area (Å²) in [6.07, 6.45) is 0. The quantitative estimate of drug-likeness (QED) is 0.860. The Hall–Kier alpha value is -1.68. The lowest BCUT2D eigenvalue weighted by Crippen LogP contribution is -2.00. The van der Waals surface area contributed by atoms with Crippen LogP contribution in [0.2, 0.25) is 0 Å². The maximum Gasteiger partial charge on any atom is 0.171 e. The second-order valence-corrected chi connectivity index (χ2v) is 5.83. The summed E-state index contributed by atoms with van der Waals surface area (Å²) in [5.74, 6) is 0.0905. The molecular weight excluding hydrogens is 256 g/mol. The van der Waals surface area contributed by atoms with E-state index in [4.69, 9.17) is 0 Å². The van der Waals surface area contributed by atoms with Crippen molar-refractivity contribution in [3.63, 3.8) is 0 Å². The van der Waals surface area contributed by atoms with Gasteiger partial charge in [0, 0.05) is 12.6 Å². The maximum atomic E-state index is 11.4. The van der Waals surface area contributed by atoms with Gasteiger partial charge in [-0.15, -0.1) is 11.3 Å². The molecule has 0 amide bonds. The minimum atomic E-state index is 0.0905. The zero-order chi connectivity index (χ0) is 14.0. The predicted molar refractivity (Wildman–Crippen MR) is 80.1 cm³/mol. The van der Waals surface area contributed by atoms with E-state index in [2.05, 4.69) is 42.3 Å². The Kier molecular flexibility index (Phi) is 4.00. The topological polar surface area (TPSA) is 42.0 Å². The van der Waals surface area contributed by atoms with Crippen LogP contribution in [-0.4, -0.2) is 10.8 Å². The smallest absolute Gasteiger partial charge is 0.171 e. The molecule has 1 aromatic heterocycles. The average molecular weight is 274 g/mol. The van der Waals surface area contributed by atoms with Gasteiger partial charge in [-0.05, 0) is 32.4 Å². The Bertz CT molecular complexity index is 617. The van der Waals surface area contributed by atoms with Crippen molar-refractivity contribution in [2.24, 2.45) is 0 Å². The molecule has 0 radical (unpaired) electrons. The molecule has 4 heteroatoms. The van der Waals surface area contributed by atoms with Crippen LogP contribution in [-0.2, 0) is 6.54 Å². The van der Waals surface area contributed by atoms with Gasteiger partial charge in [-0.25, -0.2) is 4.98 Å². The minimum absolute atomic E-state index is 0.0905. The third-order valence-corrected chi connectivity index (χ3v) is 4.23. The number of hydrogen-bond acceptors (Lipinski definition) is 4. The number of anilines is 1. The van der Waals surface area contributed by atoms with Crippen molar-refractivity contribution in [1.82, 2.24) is 4.98 Å². The highest BCUT2D eigenvalue weighted by Gasteiger charge is 2.11. The number of aromatic nitrogens is 1. The molecular formula is C15H18N2OS. The SMILES string of the molecule is CC(=O)c1sc(CNc2ccc(C)cc2C)nc1C. The lowest BCUT2D eigenvalue weighted by atomic mass is 10.1. The number of carbonyl (C=O) groups excluding carboxylic acids is 1. The summed E-state index contributed by atoms with van der Waals surface area (Å²) in [4.78, 5) is 16.6. The zero-order valence-electron chi connectivity index (χ0n) is 11.7. The average Bonchev–Trinajstić information content (AvgIpc) is 2.69. The van der Waals surface area contributed by atoms with Gasteiger partial charge in [0.25, 0.3) is 0 Å². The number of nitrogens with one attached hydrogen (secondary N) is 1.